The van der Waals surface area contributed by atoms with E-state index in [-0.39, 0.29) is 6.10 Å². The predicted molar refractivity (Wildman–Crippen MR) is 66.2 cm³/mol. The molecule has 0 unspecified atom stereocenters. The molecule has 0 bridgehead atoms. The average Bonchev–Trinajstić information content (AvgIpc) is 2.78. The van der Waals surface area contributed by atoms with Crippen LogP contribution in [0.2, 0.25) is 0 Å². The Morgan fingerprint density at radius 1 is 1.25 bits per heavy atom. The van der Waals surface area contributed by atoms with Gasteiger partial charge in [-0.25, -0.2) is 0 Å². The Bertz CT molecular complexity index is 323. The average molecular weight is 219 g/mol. The highest BCUT2D eigenvalue weighted by molar-refractivity contribution is 5.18. The van der Waals surface area contributed by atoms with Gasteiger partial charge in [0.15, 0.2) is 0 Å². The van der Waals surface area contributed by atoms with E-state index in [0.29, 0.717) is 12.0 Å². The molecule has 1 aliphatic heterocycles. The predicted octanol–water partition coefficient (Wildman–Crippen LogP) is 2.45. The minimum absolute atomic E-state index is 0.173. The lowest BCUT2D eigenvalue weighted by molar-refractivity contribution is 0.123. The van der Waals surface area contributed by atoms with Gasteiger partial charge < -0.3 is 5.11 Å². The monoisotopic (exact) mass is 219 g/mol. The lowest BCUT2D eigenvalue weighted by Crippen LogP contribution is -2.26. The molecule has 2 rings (SSSR count). The van der Waals surface area contributed by atoms with Crippen LogP contribution in [0.3, 0.4) is 0 Å². The van der Waals surface area contributed by atoms with Crippen LogP contribution in [0.5, 0.6) is 0 Å². The van der Waals surface area contributed by atoms with Crippen molar-refractivity contribution in [3.63, 3.8) is 0 Å². The van der Waals surface area contributed by atoms with E-state index in [9.17, 15) is 5.11 Å². The van der Waals surface area contributed by atoms with Crippen molar-refractivity contribution >= 4 is 0 Å². The first-order valence-electron chi connectivity index (χ1n) is 6.15. The normalized spacial score (nSPS) is 25.6. The smallest absolute Gasteiger partial charge is 0.0552 e. The first-order chi connectivity index (χ1) is 7.68. The summed E-state index contributed by atoms with van der Waals surface area (Å²) in [6.45, 7) is 6.28. The minimum Gasteiger partial charge on any atom is -0.393 e. The van der Waals surface area contributed by atoms with Gasteiger partial charge in [0.2, 0.25) is 0 Å². The van der Waals surface area contributed by atoms with Gasteiger partial charge in [-0.05, 0) is 38.3 Å². The minimum atomic E-state index is -0.173. The second kappa shape index (κ2) is 4.98. The summed E-state index contributed by atoms with van der Waals surface area (Å²) in [5.74, 6) is 0.450. The highest BCUT2D eigenvalue weighted by Crippen LogP contribution is 2.28. The van der Waals surface area contributed by atoms with E-state index in [2.05, 4.69) is 42.2 Å². The molecule has 2 heteroatoms. The Kier molecular flexibility index (Phi) is 3.62. The fourth-order valence-electron chi connectivity index (χ4n) is 2.50. The maximum atomic E-state index is 9.60. The molecular formula is C14H21NO. The van der Waals surface area contributed by atoms with Crippen molar-refractivity contribution in [2.75, 3.05) is 13.1 Å². The van der Waals surface area contributed by atoms with Gasteiger partial charge in [-0.15, -0.1) is 0 Å². The van der Waals surface area contributed by atoms with Gasteiger partial charge in [0, 0.05) is 12.6 Å². The van der Waals surface area contributed by atoms with Crippen LogP contribution in [0.15, 0.2) is 30.3 Å². The third kappa shape index (κ3) is 2.45. The highest BCUT2D eigenvalue weighted by Gasteiger charge is 2.29. The Balaban J connectivity index is 2.00. The van der Waals surface area contributed by atoms with Gasteiger partial charge in [0.05, 0.1) is 6.10 Å². The number of nitrogens with zero attached hydrogens (tertiary/aromatic N) is 1. The van der Waals surface area contributed by atoms with Gasteiger partial charge in [-0.3, -0.25) is 4.90 Å². The summed E-state index contributed by atoms with van der Waals surface area (Å²) in [7, 11) is 0. The maximum Gasteiger partial charge on any atom is 0.0552 e. The number of likely N-dealkylation sites (tertiary alicyclic amines) is 1. The Morgan fingerprint density at radius 2 is 1.94 bits per heavy atom. The van der Waals surface area contributed by atoms with Gasteiger partial charge >= 0.3 is 0 Å². The molecule has 1 heterocycles. The van der Waals surface area contributed by atoms with Gasteiger partial charge in [0.25, 0.3) is 0 Å². The van der Waals surface area contributed by atoms with Crippen LogP contribution in [-0.4, -0.2) is 29.2 Å². The number of aliphatic hydroxyl groups is 1. The van der Waals surface area contributed by atoms with Crippen LogP contribution in [0, 0.1) is 5.92 Å². The van der Waals surface area contributed by atoms with E-state index in [4.69, 9.17) is 0 Å². The first kappa shape index (κ1) is 11.6. The van der Waals surface area contributed by atoms with Crippen molar-refractivity contribution < 1.29 is 5.11 Å². The van der Waals surface area contributed by atoms with Crippen molar-refractivity contribution in [2.24, 2.45) is 5.92 Å². The fraction of sp³-hybridized carbons (Fsp3) is 0.571. The molecule has 0 saturated carbocycles. The van der Waals surface area contributed by atoms with Crippen molar-refractivity contribution in [2.45, 2.75) is 32.4 Å². The van der Waals surface area contributed by atoms with Crippen molar-refractivity contribution in [1.29, 1.82) is 0 Å². The molecule has 1 saturated heterocycles. The molecule has 0 radical (unpaired) electrons. The summed E-state index contributed by atoms with van der Waals surface area (Å²) in [4.78, 5) is 2.46. The zero-order valence-corrected chi connectivity index (χ0v) is 10.1. The first-order valence-corrected chi connectivity index (χ1v) is 6.15. The summed E-state index contributed by atoms with van der Waals surface area (Å²) in [6, 6.07) is 11.1. The Hall–Kier alpha value is -0.860. The van der Waals surface area contributed by atoms with E-state index >= 15 is 0 Å². The van der Waals surface area contributed by atoms with E-state index < -0.39 is 0 Å². The summed E-state index contributed by atoms with van der Waals surface area (Å²) in [5.41, 5.74) is 1.37. The summed E-state index contributed by atoms with van der Waals surface area (Å²) in [5, 5.41) is 9.60. The molecular weight excluding hydrogens is 198 g/mol. The quantitative estimate of drug-likeness (QED) is 0.844. The lowest BCUT2D eigenvalue weighted by Gasteiger charge is -2.25. The summed E-state index contributed by atoms with van der Waals surface area (Å²) in [6.07, 6.45) is 0.947. The largest absolute Gasteiger partial charge is 0.393 e. The van der Waals surface area contributed by atoms with E-state index in [0.717, 1.165) is 19.5 Å². The molecule has 3 atom stereocenters. The molecule has 0 amide bonds. The summed E-state index contributed by atoms with van der Waals surface area (Å²) >= 11 is 0. The standard InChI is InChI=1S/C14H21NO/c1-11(13-6-4-3-5-7-13)15-9-8-14(10-15)12(2)16/h3-7,11-12,14,16H,8-10H2,1-2H3/t11-,12+,14-/m1/s1. The SMILES string of the molecule is C[C@H](O)[C@@H]1CCN([C@H](C)c2ccccc2)C1. The topological polar surface area (TPSA) is 23.5 Å². The molecule has 0 aliphatic carbocycles. The molecule has 1 aromatic rings. The molecule has 1 aliphatic rings. The molecule has 1 fully saturated rings. The maximum absolute atomic E-state index is 9.60. The molecule has 88 valence electrons. The van der Waals surface area contributed by atoms with Crippen LogP contribution in [-0.2, 0) is 0 Å². The molecule has 16 heavy (non-hydrogen) atoms. The molecule has 1 N–H and O–H groups in total. The molecule has 1 aromatic carbocycles. The third-order valence-electron chi connectivity index (χ3n) is 3.77. The van der Waals surface area contributed by atoms with Crippen LogP contribution in [0.25, 0.3) is 0 Å². The van der Waals surface area contributed by atoms with Crippen LogP contribution in [0.4, 0.5) is 0 Å². The Morgan fingerprint density at radius 3 is 2.50 bits per heavy atom. The summed E-state index contributed by atoms with van der Waals surface area (Å²) < 4.78 is 0. The number of hydrogen-bond donors (Lipinski definition) is 1. The van der Waals surface area contributed by atoms with Crippen LogP contribution >= 0.6 is 0 Å². The second-order valence-corrected chi connectivity index (χ2v) is 4.87. The van der Waals surface area contributed by atoms with Crippen LogP contribution < -0.4 is 0 Å². The third-order valence-corrected chi connectivity index (χ3v) is 3.77. The zero-order valence-electron chi connectivity index (χ0n) is 10.1. The molecule has 0 aromatic heterocycles. The van der Waals surface area contributed by atoms with Gasteiger partial charge in [-0.1, -0.05) is 30.3 Å². The lowest BCUT2D eigenvalue weighted by atomic mass is 10.0. The number of aliphatic hydroxyl groups excluding tert-OH is 1. The van der Waals surface area contributed by atoms with Crippen molar-refractivity contribution in [3.8, 4) is 0 Å². The number of benzene rings is 1. The van der Waals surface area contributed by atoms with Crippen molar-refractivity contribution in [3.05, 3.63) is 35.9 Å². The number of hydrogen-bond acceptors (Lipinski definition) is 2. The van der Waals surface area contributed by atoms with Crippen LogP contribution in [0.1, 0.15) is 31.9 Å². The molecule has 2 nitrogen and oxygen atoms in total. The van der Waals surface area contributed by atoms with E-state index in [1.807, 2.05) is 6.92 Å². The van der Waals surface area contributed by atoms with Crippen molar-refractivity contribution in [1.82, 2.24) is 4.90 Å². The second-order valence-electron chi connectivity index (χ2n) is 4.87. The van der Waals surface area contributed by atoms with E-state index in [1.165, 1.54) is 5.56 Å². The van der Waals surface area contributed by atoms with Gasteiger partial charge in [-0.2, -0.15) is 0 Å². The molecule has 0 spiro atoms. The van der Waals surface area contributed by atoms with Gasteiger partial charge in [0.1, 0.15) is 0 Å². The Labute approximate surface area is 97.9 Å². The zero-order chi connectivity index (χ0) is 11.5. The number of rotatable bonds is 3. The van der Waals surface area contributed by atoms with E-state index in [1.54, 1.807) is 0 Å². The highest BCUT2D eigenvalue weighted by atomic mass is 16.3. The fourth-order valence-corrected chi connectivity index (χ4v) is 2.50.